The number of aliphatic hydroxyl groups excluding tert-OH is 1. The predicted octanol–water partition coefficient (Wildman–Crippen LogP) is 2.10. The Hall–Kier alpha value is -2.54. The first-order valence-electron chi connectivity index (χ1n) is 6.28. The van der Waals surface area contributed by atoms with Crippen molar-refractivity contribution in [2.45, 2.75) is 6.23 Å². The van der Waals surface area contributed by atoms with Crippen LogP contribution < -0.4 is 10.6 Å². The Morgan fingerprint density at radius 2 is 2.10 bits per heavy atom. The van der Waals surface area contributed by atoms with Gasteiger partial charge >= 0.3 is 0 Å². The molecule has 1 atom stereocenters. The average Bonchev–Trinajstić information content (AvgIpc) is 2.49. The summed E-state index contributed by atoms with van der Waals surface area (Å²) in [5, 5.41) is 15.7. The molecule has 0 amide bonds. The highest BCUT2D eigenvalue weighted by atomic mass is 19.2. The van der Waals surface area contributed by atoms with Gasteiger partial charge in [-0.1, -0.05) is 0 Å². The molecule has 0 bridgehead atoms. The van der Waals surface area contributed by atoms with Crippen LogP contribution in [-0.2, 0) is 0 Å². The summed E-state index contributed by atoms with van der Waals surface area (Å²) in [7, 11) is 0. The van der Waals surface area contributed by atoms with Crippen LogP contribution in [0.1, 0.15) is 11.8 Å². The molecule has 21 heavy (non-hydrogen) atoms. The summed E-state index contributed by atoms with van der Waals surface area (Å²) >= 11 is 0. The van der Waals surface area contributed by atoms with E-state index >= 15 is 0 Å². The lowest BCUT2D eigenvalue weighted by molar-refractivity contribution is 0.161. The number of aliphatic imine (C=N–C) groups is 1. The third-order valence-corrected chi connectivity index (χ3v) is 3.07. The molecule has 3 N–H and O–H groups in total. The number of nitrogens with zero attached hydrogens (tertiary/aromatic N) is 2. The van der Waals surface area contributed by atoms with Gasteiger partial charge in [-0.25, -0.2) is 13.8 Å². The van der Waals surface area contributed by atoms with Crippen molar-refractivity contribution in [2.24, 2.45) is 4.99 Å². The molecule has 1 aromatic heterocycles. The fraction of sp³-hybridized carbons (Fsp3) is 0.143. The van der Waals surface area contributed by atoms with E-state index in [4.69, 9.17) is 0 Å². The van der Waals surface area contributed by atoms with Gasteiger partial charge in [0.05, 0.1) is 18.4 Å². The summed E-state index contributed by atoms with van der Waals surface area (Å²) in [6, 6.07) is 5.20. The fourth-order valence-electron chi connectivity index (χ4n) is 2.02. The Balaban J connectivity index is 1.74. The summed E-state index contributed by atoms with van der Waals surface area (Å²) in [6.45, 7) is 0.233. The molecular formula is C14H12F2N4O. The Kier molecular flexibility index (Phi) is 3.49. The zero-order valence-corrected chi connectivity index (χ0v) is 10.8. The maximum atomic E-state index is 13.1. The van der Waals surface area contributed by atoms with Crippen molar-refractivity contribution >= 4 is 17.2 Å². The van der Waals surface area contributed by atoms with Crippen molar-refractivity contribution in [3.8, 4) is 0 Å². The first-order chi connectivity index (χ1) is 10.1. The van der Waals surface area contributed by atoms with Gasteiger partial charge in [0.1, 0.15) is 5.84 Å². The van der Waals surface area contributed by atoms with Gasteiger partial charge in [0.15, 0.2) is 17.9 Å². The minimum atomic E-state index is -0.923. The van der Waals surface area contributed by atoms with Gasteiger partial charge in [-0.3, -0.25) is 4.98 Å². The van der Waals surface area contributed by atoms with Crippen molar-refractivity contribution in [3.63, 3.8) is 0 Å². The van der Waals surface area contributed by atoms with Crippen LogP contribution in [0.4, 0.5) is 20.2 Å². The van der Waals surface area contributed by atoms with E-state index in [0.717, 1.165) is 12.1 Å². The molecule has 0 fully saturated rings. The average molecular weight is 290 g/mol. The number of hydrogen-bond donors (Lipinski definition) is 3. The van der Waals surface area contributed by atoms with Gasteiger partial charge < -0.3 is 15.7 Å². The van der Waals surface area contributed by atoms with E-state index in [2.05, 4.69) is 20.6 Å². The number of benzene rings is 1. The van der Waals surface area contributed by atoms with Gasteiger partial charge in [-0.2, -0.15) is 0 Å². The van der Waals surface area contributed by atoms with Crippen LogP contribution in [0.15, 0.2) is 41.7 Å². The number of nitrogens with one attached hydrogen (secondary N) is 2. The van der Waals surface area contributed by atoms with E-state index < -0.39 is 17.9 Å². The summed E-state index contributed by atoms with van der Waals surface area (Å²) in [4.78, 5) is 8.25. The molecular weight excluding hydrogens is 278 g/mol. The summed E-state index contributed by atoms with van der Waals surface area (Å²) < 4.78 is 25.9. The van der Waals surface area contributed by atoms with Crippen LogP contribution in [0.25, 0.3) is 0 Å². The zero-order valence-electron chi connectivity index (χ0n) is 10.8. The summed E-state index contributed by atoms with van der Waals surface area (Å²) in [5.41, 5.74) is 1.64. The van der Waals surface area contributed by atoms with E-state index in [1.54, 1.807) is 18.5 Å². The van der Waals surface area contributed by atoms with Gasteiger partial charge in [0, 0.05) is 23.5 Å². The Bertz CT molecular complexity index is 705. The van der Waals surface area contributed by atoms with E-state index in [1.807, 2.05) is 0 Å². The highest BCUT2D eigenvalue weighted by molar-refractivity contribution is 5.90. The number of pyridine rings is 1. The first-order valence-corrected chi connectivity index (χ1v) is 6.28. The van der Waals surface area contributed by atoms with Crippen LogP contribution >= 0.6 is 0 Å². The molecule has 2 heterocycles. The smallest absolute Gasteiger partial charge is 0.160 e. The highest BCUT2D eigenvalue weighted by Gasteiger charge is 2.19. The Morgan fingerprint density at radius 3 is 2.90 bits per heavy atom. The third-order valence-electron chi connectivity index (χ3n) is 3.07. The number of halogens is 2. The van der Waals surface area contributed by atoms with Crippen LogP contribution in [0.5, 0.6) is 0 Å². The summed E-state index contributed by atoms with van der Waals surface area (Å²) in [6.07, 6.45) is 2.25. The monoisotopic (exact) mass is 290 g/mol. The fourth-order valence-corrected chi connectivity index (χ4v) is 2.02. The van der Waals surface area contributed by atoms with Crippen LogP contribution in [-0.4, -0.2) is 22.5 Å². The number of rotatable bonds is 3. The van der Waals surface area contributed by atoms with Crippen LogP contribution in [0, 0.1) is 11.6 Å². The van der Waals surface area contributed by atoms with E-state index in [9.17, 15) is 13.9 Å². The lowest BCUT2D eigenvalue weighted by Gasteiger charge is -2.23. The van der Waals surface area contributed by atoms with Crippen molar-refractivity contribution in [2.75, 3.05) is 11.9 Å². The van der Waals surface area contributed by atoms with Gasteiger partial charge in [-0.05, 0) is 18.2 Å². The topological polar surface area (TPSA) is 69.5 Å². The predicted molar refractivity (Wildman–Crippen MR) is 74.3 cm³/mol. The lowest BCUT2D eigenvalue weighted by atomic mass is 10.1. The number of hydrogen-bond acceptors (Lipinski definition) is 5. The standard InChI is InChI=1S/C14H12F2N4O/c15-10-2-1-8(5-11(10)16)18-7-13-19-12-6-17-4-3-9(12)14(21)20-13/h1-6,14,18,21H,7H2,(H,19,20). The van der Waals surface area contributed by atoms with Gasteiger partial charge in [0.2, 0.25) is 0 Å². The van der Waals surface area contributed by atoms with Crippen molar-refractivity contribution in [1.29, 1.82) is 0 Å². The molecule has 0 saturated heterocycles. The second-order valence-electron chi connectivity index (χ2n) is 4.52. The van der Waals surface area contributed by atoms with Crippen LogP contribution in [0.2, 0.25) is 0 Å². The summed E-state index contributed by atoms with van der Waals surface area (Å²) in [5.74, 6) is -1.34. The van der Waals surface area contributed by atoms with Crippen molar-refractivity contribution in [3.05, 3.63) is 53.9 Å². The molecule has 1 aliphatic heterocycles. The number of aliphatic hydroxyl groups is 1. The van der Waals surface area contributed by atoms with E-state index in [0.29, 0.717) is 22.8 Å². The number of aromatic nitrogens is 1. The molecule has 0 aliphatic carbocycles. The molecule has 0 radical (unpaired) electrons. The zero-order chi connectivity index (χ0) is 14.8. The molecule has 2 aromatic rings. The maximum Gasteiger partial charge on any atom is 0.160 e. The van der Waals surface area contributed by atoms with Crippen molar-refractivity contribution < 1.29 is 13.9 Å². The van der Waals surface area contributed by atoms with Gasteiger partial charge in [-0.15, -0.1) is 0 Å². The molecule has 7 heteroatoms. The molecule has 3 rings (SSSR count). The minimum absolute atomic E-state index is 0.233. The molecule has 1 aliphatic rings. The number of anilines is 1. The molecule has 108 valence electrons. The second kappa shape index (κ2) is 5.45. The van der Waals surface area contributed by atoms with Crippen LogP contribution in [0.3, 0.4) is 0 Å². The molecule has 1 aromatic carbocycles. The molecule has 1 unspecified atom stereocenters. The largest absolute Gasteiger partial charge is 0.378 e. The molecule has 5 nitrogen and oxygen atoms in total. The quantitative estimate of drug-likeness (QED) is 0.809. The van der Waals surface area contributed by atoms with Crippen molar-refractivity contribution in [1.82, 2.24) is 10.3 Å². The maximum absolute atomic E-state index is 13.1. The molecule has 0 spiro atoms. The van der Waals surface area contributed by atoms with E-state index in [1.165, 1.54) is 6.07 Å². The van der Waals surface area contributed by atoms with E-state index in [-0.39, 0.29) is 6.54 Å². The number of amidine groups is 1. The lowest BCUT2D eigenvalue weighted by Crippen LogP contribution is -2.35. The number of fused-ring (bicyclic) bond motifs is 1. The highest BCUT2D eigenvalue weighted by Crippen LogP contribution is 2.26. The molecule has 0 saturated carbocycles. The second-order valence-corrected chi connectivity index (χ2v) is 4.52. The first kappa shape index (κ1) is 13.4. The third kappa shape index (κ3) is 2.82. The SMILES string of the molecule is OC1NC(CNc2ccc(F)c(F)c2)=Nc2cnccc21. The van der Waals surface area contributed by atoms with Gasteiger partial charge in [0.25, 0.3) is 0 Å². The minimum Gasteiger partial charge on any atom is -0.378 e. The normalized spacial score (nSPS) is 16.7. The Morgan fingerprint density at radius 1 is 1.24 bits per heavy atom. The Labute approximate surface area is 119 Å².